The molecule has 0 atom stereocenters. The normalized spacial score (nSPS) is 15.2. The number of imidazole rings is 1. The first kappa shape index (κ1) is 18.2. The maximum atomic E-state index is 12.8. The molecular formula is C19H18N8O3. The van der Waals surface area contributed by atoms with Crippen molar-refractivity contribution in [2.45, 2.75) is 0 Å². The quantitative estimate of drug-likeness (QED) is 0.391. The summed E-state index contributed by atoms with van der Waals surface area (Å²) >= 11 is 0. The van der Waals surface area contributed by atoms with E-state index in [2.05, 4.69) is 30.0 Å². The van der Waals surface area contributed by atoms with Crippen LogP contribution in [0.1, 0.15) is 10.4 Å². The van der Waals surface area contributed by atoms with Crippen molar-refractivity contribution in [2.24, 2.45) is 0 Å². The van der Waals surface area contributed by atoms with E-state index in [1.807, 2.05) is 11.9 Å². The first-order chi connectivity index (χ1) is 14.5. The number of hydrogen-bond acceptors (Lipinski definition) is 7. The lowest BCUT2D eigenvalue weighted by Crippen LogP contribution is -2.47. The SMILES string of the molecule is CN1CCN(C(=O)c2ccc3nc(-c4[nH]nc5ncc([N+](=O)[O-])cc45)[nH]c3c2)CC1. The zero-order chi connectivity index (χ0) is 20.8. The number of nitrogens with zero attached hydrogens (tertiary/aromatic N) is 6. The summed E-state index contributed by atoms with van der Waals surface area (Å²) in [7, 11) is 2.04. The first-order valence-electron chi connectivity index (χ1n) is 9.46. The van der Waals surface area contributed by atoms with Crippen LogP contribution in [0, 0.1) is 10.1 Å². The van der Waals surface area contributed by atoms with Gasteiger partial charge in [0.2, 0.25) is 0 Å². The number of nitro groups is 1. The average Bonchev–Trinajstić information content (AvgIpc) is 3.36. The number of pyridine rings is 1. The van der Waals surface area contributed by atoms with Crippen molar-refractivity contribution < 1.29 is 9.72 Å². The van der Waals surface area contributed by atoms with Crippen LogP contribution >= 0.6 is 0 Å². The number of carbonyl (C=O) groups excluding carboxylic acids is 1. The Morgan fingerprint density at radius 3 is 2.77 bits per heavy atom. The third-order valence-electron chi connectivity index (χ3n) is 5.36. The number of H-pyrrole nitrogens is 2. The van der Waals surface area contributed by atoms with Crippen LogP contribution < -0.4 is 0 Å². The fourth-order valence-electron chi connectivity index (χ4n) is 3.62. The fourth-order valence-corrected chi connectivity index (χ4v) is 3.62. The molecule has 1 aliphatic heterocycles. The molecule has 2 N–H and O–H groups in total. The predicted octanol–water partition coefficient (Wildman–Crippen LogP) is 1.80. The Bertz CT molecular complexity index is 1290. The molecule has 0 radical (unpaired) electrons. The van der Waals surface area contributed by atoms with Crippen molar-refractivity contribution in [3.8, 4) is 11.5 Å². The van der Waals surface area contributed by atoms with Crippen LogP contribution in [0.25, 0.3) is 33.6 Å². The standard InChI is InChI=1S/C19H18N8O3/c1-25-4-6-26(7-5-25)19(28)11-2-3-14-15(8-11)22-18(21-14)16-13-9-12(27(29)30)10-20-17(13)24-23-16/h2-3,8-10H,4-7H2,1H3,(H,21,22)(H,20,23,24). The Balaban J connectivity index is 1.50. The molecule has 0 bridgehead atoms. The summed E-state index contributed by atoms with van der Waals surface area (Å²) < 4.78 is 0. The molecule has 4 aromatic rings. The summed E-state index contributed by atoms with van der Waals surface area (Å²) in [5.74, 6) is 0.465. The molecule has 1 aliphatic rings. The molecule has 11 heteroatoms. The van der Waals surface area contributed by atoms with Gasteiger partial charge in [-0.05, 0) is 25.2 Å². The number of aromatic amines is 2. The number of rotatable bonds is 3. The van der Waals surface area contributed by atoms with Gasteiger partial charge in [0.1, 0.15) is 11.9 Å². The Hall–Kier alpha value is -3.86. The number of benzene rings is 1. The second-order valence-corrected chi connectivity index (χ2v) is 7.33. The van der Waals surface area contributed by atoms with E-state index in [1.165, 1.54) is 12.3 Å². The van der Waals surface area contributed by atoms with Gasteiger partial charge in [0.15, 0.2) is 11.5 Å². The van der Waals surface area contributed by atoms with Crippen LogP contribution in [0.3, 0.4) is 0 Å². The molecule has 1 amide bonds. The van der Waals surface area contributed by atoms with Gasteiger partial charge in [-0.25, -0.2) is 9.97 Å². The van der Waals surface area contributed by atoms with Crippen molar-refractivity contribution in [1.29, 1.82) is 0 Å². The average molecular weight is 406 g/mol. The molecule has 1 fully saturated rings. The minimum atomic E-state index is -0.502. The van der Waals surface area contributed by atoms with Crippen LogP contribution in [0.4, 0.5) is 5.69 Å². The van der Waals surface area contributed by atoms with E-state index in [4.69, 9.17) is 0 Å². The summed E-state index contributed by atoms with van der Waals surface area (Å²) in [6.45, 7) is 3.12. The summed E-state index contributed by atoms with van der Waals surface area (Å²) in [6, 6.07) is 6.76. The van der Waals surface area contributed by atoms with Gasteiger partial charge in [0.25, 0.3) is 11.6 Å². The lowest BCUT2D eigenvalue weighted by molar-refractivity contribution is -0.385. The second-order valence-electron chi connectivity index (χ2n) is 7.33. The van der Waals surface area contributed by atoms with Crippen LogP contribution in [-0.4, -0.2) is 79.0 Å². The summed E-state index contributed by atoms with van der Waals surface area (Å²) in [6.07, 6.45) is 1.17. The highest BCUT2D eigenvalue weighted by molar-refractivity contribution is 5.98. The number of piperazine rings is 1. The Morgan fingerprint density at radius 1 is 1.20 bits per heavy atom. The molecule has 0 saturated carbocycles. The van der Waals surface area contributed by atoms with Crippen molar-refractivity contribution >= 4 is 33.7 Å². The minimum Gasteiger partial charge on any atom is -0.337 e. The van der Waals surface area contributed by atoms with Gasteiger partial charge in [-0.2, -0.15) is 5.10 Å². The molecule has 3 aromatic heterocycles. The van der Waals surface area contributed by atoms with E-state index in [0.717, 1.165) is 13.1 Å². The highest BCUT2D eigenvalue weighted by Gasteiger charge is 2.21. The number of aromatic nitrogens is 5. The molecule has 1 aromatic carbocycles. The van der Waals surface area contributed by atoms with Crippen molar-refractivity contribution in [2.75, 3.05) is 33.2 Å². The van der Waals surface area contributed by atoms with Crippen LogP contribution in [0.5, 0.6) is 0 Å². The summed E-state index contributed by atoms with van der Waals surface area (Å²) in [5, 5.41) is 18.5. The Morgan fingerprint density at radius 2 is 2.00 bits per heavy atom. The van der Waals surface area contributed by atoms with Crippen LogP contribution in [0.2, 0.25) is 0 Å². The van der Waals surface area contributed by atoms with Crippen molar-refractivity contribution in [3.05, 3.63) is 46.1 Å². The van der Waals surface area contributed by atoms with E-state index in [9.17, 15) is 14.9 Å². The van der Waals surface area contributed by atoms with E-state index in [0.29, 0.717) is 52.2 Å². The first-order valence-corrected chi connectivity index (χ1v) is 9.46. The van der Waals surface area contributed by atoms with Crippen LogP contribution in [0.15, 0.2) is 30.5 Å². The Labute approximate surface area is 169 Å². The Kier molecular flexibility index (Phi) is 4.17. The van der Waals surface area contributed by atoms with Crippen molar-refractivity contribution in [3.63, 3.8) is 0 Å². The van der Waals surface area contributed by atoms with Gasteiger partial charge in [0, 0.05) is 37.8 Å². The lowest BCUT2D eigenvalue weighted by atomic mass is 10.1. The van der Waals surface area contributed by atoms with Gasteiger partial charge in [0.05, 0.1) is 21.3 Å². The highest BCUT2D eigenvalue weighted by Crippen LogP contribution is 2.28. The highest BCUT2D eigenvalue weighted by atomic mass is 16.6. The second kappa shape index (κ2) is 6.88. The molecule has 5 rings (SSSR count). The van der Waals surface area contributed by atoms with E-state index in [1.54, 1.807) is 18.2 Å². The number of fused-ring (bicyclic) bond motifs is 2. The minimum absolute atomic E-state index is 0.00651. The third-order valence-corrected chi connectivity index (χ3v) is 5.36. The predicted molar refractivity (Wildman–Crippen MR) is 109 cm³/mol. The van der Waals surface area contributed by atoms with Gasteiger partial charge in [-0.3, -0.25) is 20.0 Å². The lowest BCUT2D eigenvalue weighted by Gasteiger charge is -2.32. The van der Waals surface area contributed by atoms with Gasteiger partial charge >= 0.3 is 0 Å². The molecule has 0 aliphatic carbocycles. The van der Waals surface area contributed by atoms with Crippen molar-refractivity contribution in [1.82, 2.24) is 34.9 Å². The van der Waals surface area contributed by atoms with E-state index in [-0.39, 0.29) is 11.6 Å². The van der Waals surface area contributed by atoms with Gasteiger partial charge in [-0.15, -0.1) is 0 Å². The molecule has 4 heterocycles. The maximum absolute atomic E-state index is 12.8. The molecular weight excluding hydrogens is 388 g/mol. The molecule has 0 spiro atoms. The number of nitrogens with one attached hydrogen (secondary N) is 2. The van der Waals surface area contributed by atoms with Gasteiger partial charge < -0.3 is 14.8 Å². The molecule has 11 nitrogen and oxygen atoms in total. The van der Waals surface area contributed by atoms with Gasteiger partial charge in [-0.1, -0.05) is 0 Å². The van der Waals surface area contributed by atoms with Crippen LogP contribution in [-0.2, 0) is 0 Å². The maximum Gasteiger partial charge on any atom is 0.288 e. The molecule has 152 valence electrons. The summed E-state index contributed by atoms with van der Waals surface area (Å²) in [5.41, 5.74) is 2.72. The number of amides is 1. The molecule has 0 unspecified atom stereocenters. The van der Waals surface area contributed by atoms with E-state index >= 15 is 0 Å². The molecule has 30 heavy (non-hydrogen) atoms. The third kappa shape index (κ3) is 3.05. The zero-order valence-electron chi connectivity index (χ0n) is 16.1. The smallest absolute Gasteiger partial charge is 0.288 e. The topological polar surface area (TPSA) is 137 Å². The number of hydrogen-bond donors (Lipinski definition) is 2. The molecule has 1 saturated heterocycles. The number of likely N-dealkylation sites (N-methyl/N-ethyl adjacent to an activating group) is 1. The monoisotopic (exact) mass is 406 g/mol. The summed E-state index contributed by atoms with van der Waals surface area (Å²) in [4.78, 5) is 39.2. The van der Waals surface area contributed by atoms with E-state index < -0.39 is 4.92 Å². The number of carbonyl (C=O) groups is 1. The fraction of sp³-hybridized carbons (Fsp3) is 0.263. The largest absolute Gasteiger partial charge is 0.337 e. The zero-order valence-corrected chi connectivity index (χ0v) is 16.1.